The predicted molar refractivity (Wildman–Crippen MR) is 89.3 cm³/mol. The highest BCUT2D eigenvalue weighted by molar-refractivity contribution is 8.26. The number of rotatable bonds is 6. The fourth-order valence-corrected chi connectivity index (χ4v) is 3.54. The van der Waals surface area contributed by atoms with E-state index < -0.39 is 30.3 Å². The zero-order valence-corrected chi connectivity index (χ0v) is 14.3. The second kappa shape index (κ2) is 7.59. The lowest BCUT2D eigenvalue weighted by molar-refractivity contribution is -0.319. The van der Waals surface area contributed by atoms with Crippen molar-refractivity contribution in [1.82, 2.24) is 4.90 Å². The number of thioether (sulfide) groups is 1. The average molecular weight is 363 g/mol. The molecule has 0 bridgehead atoms. The number of carbonyl (C=O) groups is 3. The Labute approximate surface area is 148 Å². The van der Waals surface area contributed by atoms with Crippen molar-refractivity contribution in [2.24, 2.45) is 0 Å². The van der Waals surface area contributed by atoms with Crippen molar-refractivity contribution >= 4 is 52.2 Å². The monoisotopic (exact) mass is 363 g/mol. The van der Waals surface area contributed by atoms with Gasteiger partial charge in [0.25, 0.3) is 5.91 Å². The molecule has 2 rings (SSSR count). The zero-order valence-electron chi connectivity index (χ0n) is 12.7. The zero-order chi connectivity index (χ0) is 17.9. The normalized spacial score (nSPS) is 17.4. The molecule has 6 nitrogen and oxygen atoms in total. The minimum atomic E-state index is -1.69. The maximum absolute atomic E-state index is 12.4. The molecule has 1 amide bonds. The van der Waals surface area contributed by atoms with Crippen molar-refractivity contribution in [3.05, 3.63) is 40.3 Å². The molecule has 0 aromatic heterocycles. The Morgan fingerprint density at radius 2 is 1.92 bits per heavy atom. The maximum atomic E-state index is 12.4. The van der Waals surface area contributed by atoms with Crippen LogP contribution >= 0.6 is 24.0 Å². The molecule has 1 aromatic rings. The summed E-state index contributed by atoms with van der Waals surface area (Å²) in [6, 6.07) is 5.83. The summed E-state index contributed by atoms with van der Waals surface area (Å²) in [5.74, 6) is -3.94. The largest absolute Gasteiger partial charge is 0.550 e. The van der Waals surface area contributed by atoms with Gasteiger partial charge in [0.15, 0.2) is 0 Å². The first-order chi connectivity index (χ1) is 11.3. The number of aryl methyl sites for hydroxylation is 1. The number of hydrogen-bond acceptors (Lipinski definition) is 7. The highest BCUT2D eigenvalue weighted by atomic mass is 32.2. The number of nitrogens with zero attached hydrogens (tertiary/aromatic N) is 1. The van der Waals surface area contributed by atoms with Crippen LogP contribution in [0.15, 0.2) is 29.2 Å². The van der Waals surface area contributed by atoms with Gasteiger partial charge in [-0.1, -0.05) is 55.2 Å². The molecule has 0 unspecified atom stereocenters. The van der Waals surface area contributed by atoms with Crippen molar-refractivity contribution in [2.75, 3.05) is 0 Å². The van der Waals surface area contributed by atoms with Crippen LogP contribution in [0, 0.1) is 0 Å². The van der Waals surface area contributed by atoms with Gasteiger partial charge in [-0.2, -0.15) is 0 Å². The van der Waals surface area contributed by atoms with E-state index in [2.05, 4.69) is 0 Å². The van der Waals surface area contributed by atoms with E-state index >= 15 is 0 Å². The molecular formula is C16H13NO5S2-2. The third-order valence-electron chi connectivity index (χ3n) is 3.45. The summed E-state index contributed by atoms with van der Waals surface area (Å²) >= 11 is 5.95. The van der Waals surface area contributed by atoms with Crippen LogP contribution in [-0.2, 0) is 20.8 Å². The van der Waals surface area contributed by atoms with Crippen LogP contribution in [0.5, 0.6) is 0 Å². The number of benzene rings is 1. The highest BCUT2D eigenvalue weighted by Gasteiger charge is 2.37. The van der Waals surface area contributed by atoms with E-state index in [0.29, 0.717) is 0 Å². The van der Waals surface area contributed by atoms with Gasteiger partial charge in [0, 0.05) is 12.4 Å². The van der Waals surface area contributed by atoms with Gasteiger partial charge in [-0.3, -0.25) is 9.69 Å². The first-order valence-corrected chi connectivity index (χ1v) is 8.32. The smallest absolute Gasteiger partial charge is 0.266 e. The Balaban J connectivity index is 2.27. The molecule has 1 atom stereocenters. The molecule has 1 fully saturated rings. The fraction of sp³-hybridized carbons (Fsp3) is 0.250. The van der Waals surface area contributed by atoms with Crippen LogP contribution in [0.2, 0.25) is 0 Å². The maximum Gasteiger partial charge on any atom is 0.266 e. The highest BCUT2D eigenvalue weighted by Crippen LogP contribution is 2.34. The number of carboxylic acids is 2. The fourth-order valence-electron chi connectivity index (χ4n) is 2.19. The average Bonchev–Trinajstić information content (AvgIpc) is 2.79. The van der Waals surface area contributed by atoms with Crippen molar-refractivity contribution in [2.45, 2.75) is 25.8 Å². The Bertz CT molecular complexity index is 726. The second-order valence-corrected chi connectivity index (χ2v) is 6.73. The third kappa shape index (κ3) is 4.01. The molecule has 0 aliphatic carbocycles. The Hall–Kier alpha value is -2.19. The minimum Gasteiger partial charge on any atom is -0.550 e. The van der Waals surface area contributed by atoms with Gasteiger partial charge in [-0.05, 0) is 23.6 Å². The molecule has 0 saturated carbocycles. The second-order valence-electron chi connectivity index (χ2n) is 5.06. The summed E-state index contributed by atoms with van der Waals surface area (Å²) in [5.41, 5.74) is 1.91. The van der Waals surface area contributed by atoms with Crippen LogP contribution in [0.3, 0.4) is 0 Å². The molecule has 1 heterocycles. The van der Waals surface area contributed by atoms with E-state index in [1.807, 2.05) is 31.2 Å². The van der Waals surface area contributed by atoms with Gasteiger partial charge < -0.3 is 19.8 Å². The van der Waals surface area contributed by atoms with Crippen LogP contribution in [0.4, 0.5) is 0 Å². The van der Waals surface area contributed by atoms with Gasteiger partial charge in [0.2, 0.25) is 0 Å². The Morgan fingerprint density at radius 1 is 1.29 bits per heavy atom. The summed E-state index contributed by atoms with van der Waals surface area (Å²) < 4.78 is -0.0214. The Kier molecular flexibility index (Phi) is 5.74. The van der Waals surface area contributed by atoms with E-state index in [-0.39, 0.29) is 9.23 Å². The van der Waals surface area contributed by atoms with Gasteiger partial charge in [-0.15, -0.1) is 0 Å². The molecule has 0 radical (unpaired) electrons. The minimum absolute atomic E-state index is 0.0214. The van der Waals surface area contributed by atoms with E-state index in [0.717, 1.165) is 34.2 Å². The number of aliphatic carboxylic acids is 2. The molecule has 1 aromatic carbocycles. The van der Waals surface area contributed by atoms with Crippen molar-refractivity contribution in [3.63, 3.8) is 0 Å². The number of carboxylic acid groups (broad SMARTS) is 2. The molecule has 1 aliphatic rings. The van der Waals surface area contributed by atoms with Gasteiger partial charge in [-0.25, -0.2) is 0 Å². The summed E-state index contributed by atoms with van der Waals surface area (Å²) in [6.07, 6.45) is 1.59. The van der Waals surface area contributed by atoms with Gasteiger partial charge in [0.05, 0.1) is 16.9 Å². The lowest BCUT2D eigenvalue weighted by Crippen LogP contribution is -2.52. The first-order valence-electron chi connectivity index (χ1n) is 7.10. The van der Waals surface area contributed by atoms with E-state index in [9.17, 15) is 24.6 Å². The Morgan fingerprint density at radius 3 is 2.42 bits per heavy atom. The number of thiocarbonyl (C=S) groups is 1. The van der Waals surface area contributed by atoms with Crippen molar-refractivity contribution in [1.29, 1.82) is 0 Å². The van der Waals surface area contributed by atoms with Crippen molar-refractivity contribution < 1.29 is 24.6 Å². The topological polar surface area (TPSA) is 101 Å². The quantitative estimate of drug-likeness (QED) is 0.506. The SMILES string of the molecule is CCc1ccc(/C=C2\SC(=S)N([C@@H](CC(=O)[O-])C(=O)[O-])C2=O)cc1. The van der Waals surface area contributed by atoms with E-state index in [4.69, 9.17) is 12.2 Å². The number of amides is 1. The summed E-state index contributed by atoms with van der Waals surface area (Å²) in [5, 5.41) is 21.9. The summed E-state index contributed by atoms with van der Waals surface area (Å²) in [7, 11) is 0. The molecular weight excluding hydrogens is 350 g/mol. The molecule has 1 aliphatic heterocycles. The van der Waals surface area contributed by atoms with Crippen molar-refractivity contribution in [3.8, 4) is 0 Å². The summed E-state index contributed by atoms with van der Waals surface area (Å²) in [4.78, 5) is 35.3. The molecule has 8 heteroatoms. The standard InChI is InChI=1S/C16H15NO5S2/c1-2-9-3-5-10(6-4-9)7-12-14(20)17(16(23)24-12)11(15(21)22)8-13(18)19/h3-7,11H,2,8H2,1H3,(H,18,19)(H,21,22)/p-2/b12-7-/t11-/m0/s1. The predicted octanol–water partition coefficient (Wildman–Crippen LogP) is -0.291. The number of hydrogen-bond donors (Lipinski definition) is 0. The van der Waals surface area contributed by atoms with Crippen LogP contribution in [-0.4, -0.2) is 33.1 Å². The third-order valence-corrected chi connectivity index (χ3v) is 4.78. The lowest BCUT2D eigenvalue weighted by atomic mass is 10.1. The van der Waals surface area contributed by atoms with Crippen LogP contribution in [0.25, 0.3) is 6.08 Å². The van der Waals surface area contributed by atoms with Gasteiger partial charge in [0.1, 0.15) is 4.32 Å². The van der Waals surface area contributed by atoms with E-state index in [1.165, 1.54) is 0 Å². The van der Waals surface area contributed by atoms with Gasteiger partial charge >= 0.3 is 0 Å². The molecule has 126 valence electrons. The molecule has 0 N–H and O–H groups in total. The molecule has 0 spiro atoms. The lowest BCUT2D eigenvalue weighted by Gasteiger charge is -2.27. The molecule has 1 saturated heterocycles. The summed E-state index contributed by atoms with van der Waals surface area (Å²) in [6.45, 7) is 2.03. The van der Waals surface area contributed by atoms with Crippen LogP contribution < -0.4 is 10.2 Å². The van der Waals surface area contributed by atoms with E-state index in [1.54, 1.807) is 6.08 Å². The number of carbonyl (C=O) groups excluding carboxylic acids is 3. The van der Waals surface area contributed by atoms with Crippen LogP contribution in [0.1, 0.15) is 24.5 Å². The molecule has 24 heavy (non-hydrogen) atoms. The first kappa shape index (κ1) is 18.2.